The molecule has 0 aromatic heterocycles. The van der Waals surface area contributed by atoms with Crippen LogP contribution in [0.4, 0.5) is 0 Å². The Hall–Kier alpha value is 0.110. The van der Waals surface area contributed by atoms with E-state index in [4.69, 9.17) is 0 Å². The van der Waals surface area contributed by atoms with Gasteiger partial charge in [0.2, 0.25) is 0 Å². The highest BCUT2D eigenvalue weighted by molar-refractivity contribution is 7.85. The van der Waals surface area contributed by atoms with Gasteiger partial charge in [-0.25, -0.2) is 0 Å². The highest BCUT2D eigenvalue weighted by Crippen LogP contribution is 2.14. The summed E-state index contributed by atoms with van der Waals surface area (Å²) in [5.41, 5.74) is 0. The fourth-order valence-corrected chi connectivity index (χ4v) is 3.38. The van der Waals surface area contributed by atoms with E-state index in [1.54, 1.807) is 0 Å². The molecule has 0 amide bonds. The second-order valence-corrected chi connectivity index (χ2v) is 7.28. The topological polar surface area (TPSA) is 29.1 Å². The molecule has 104 valence electrons. The molecule has 0 aromatic rings. The van der Waals surface area contributed by atoms with Crippen LogP contribution in [0.25, 0.3) is 0 Å². The van der Waals surface area contributed by atoms with Gasteiger partial charge in [0.15, 0.2) is 0 Å². The van der Waals surface area contributed by atoms with E-state index in [1.807, 2.05) is 0 Å². The summed E-state index contributed by atoms with van der Waals surface area (Å²) < 4.78 is 12.2. The third-order valence-electron chi connectivity index (χ3n) is 3.68. The molecule has 0 aromatic carbocycles. The molecule has 0 aliphatic carbocycles. The van der Waals surface area contributed by atoms with Crippen molar-refractivity contribution in [3.63, 3.8) is 0 Å². The van der Waals surface area contributed by atoms with Gasteiger partial charge >= 0.3 is 0 Å². The quantitative estimate of drug-likeness (QED) is 0.690. The highest BCUT2D eigenvalue weighted by atomic mass is 32.2. The SMILES string of the molecule is CCCNC(CS(=O)C(C)C(C)C)C(C)CC. The van der Waals surface area contributed by atoms with E-state index in [1.165, 1.54) is 0 Å². The van der Waals surface area contributed by atoms with E-state index in [0.29, 0.717) is 23.1 Å². The average molecular weight is 261 g/mol. The van der Waals surface area contributed by atoms with Crippen LogP contribution in [0.1, 0.15) is 54.4 Å². The fourth-order valence-electron chi connectivity index (χ4n) is 1.67. The summed E-state index contributed by atoms with van der Waals surface area (Å²) >= 11 is 0. The van der Waals surface area contributed by atoms with E-state index >= 15 is 0 Å². The Morgan fingerprint density at radius 1 is 1.12 bits per heavy atom. The molecule has 3 heteroatoms. The smallest absolute Gasteiger partial charge is 0.0394 e. The first-order valence-electron chi connectivity index (χ1n) is 7.04. The van der Waals surface area contributed by atoms with Crippen molar-refractivity contribution in [1.82, 2.24) is 5.32 Å². The first kappa shape index (κ1) is 17.1. The summed E-state index contributed by atoms with van der Waals surface area (Å²) in [7, 11) is -0.713. The van der Waals surface area contributed by atoms with Crippen LogP contribution in [0.15, 0.2) is 0 Å². The number of hydrogen-bond acceptors (Lipinski definition) is 2. The Bertz CT molecular complexity index is 218. The standard InChI is InChI=1S/C14H31NOS/c1-7-9-15-14(12(5)8-2)10-17(16)13(6)11(3)4/h11-15H,7-10H2,1-6H3. The van der Waals surface area contributed by atoms with Crippen LogP contribution in [0, 0.1) is 11.8 Å². The molecule has 2 nitrogen and oxygen atoms in total. The number of rotatable bonds is 9. The largest absolute Gasteiger partial charge is 0.313 e. The van der Waals surface area contributed by atoms with Crippen molar-refractivity contribution in [3.05, 3.63) is 0 Å². The predicted octanol–water partition coefficient (Wildman–Crippen LogP) is 3.19. The molecule has 0 bridgehead atoms. The minimum Gasteiger partial charge on any atom is -0.313 e. The first-order chi connectivity index (χ1) is 7.93. The van der Waals surface area contributed by atoms with Crippen molar-refractivity contribution < 1.29 is 4.21 Å². The Morgan fingerprint density at radius 2 is 1.71 bits per heavy atom. The van der Waals surface area contributed by atoms with Crippen LogP contribution in [-0.4, -0.2) is 27.8 Å². The van der Waals surface area contributed by atoms with Crippen molar-refractivity contribution in [1.29, 1.82) is 0 Å². The minimum atomic E-state index is -0.713. The van der Waals surface area contributed by atoms with Crippen molar-refractivity contribution in [2.24, 2.45) is 11.8 Å². The fraction of sp³-hybridized carbons (Fsp3) is 1.00. The van der Waals surface area contributed by atoms with E-state index in [0.717, 1.165) is 25.1 Å². The predicted molar refractivity (Wildman–Crippen MR) is 78.8 cm³/mol. The molecule has 1 N–H and O–H groups in total. The molecule has 17 heavy (non-hydrogen) atoms. The minimum absolute atomic E-state index is 0.296. The lowest BCUT2D eigenvalue weighted by Crippen LogP contribution is -2.41. The van der Waals surface area contributed by atoms with Crippen LogP contribution < -0.4 is 5.32 Å². The Morgan fingerprint density at radius 3 is 2.12 bits per heavy atom. The molecule has 0 fully saturated rings. The molecular weight excluding hydrogens is 230 g/mol. The normalized spacial score (nSPS) is 19.0. The van der Waals surface area contributed by atoms with Gasteiger partial charge in [0, 0.05) is 27.8 Å². The molecule has 0 rings (SSSR count). The summed E-state index contributed by atoms with van der Waals surface area (Å²) in [6.45, 7) is 14.1. The summed E-state index contributed by atoms with van der Waals surface area (Å²) in [6.07, 6.45) is 2.29. The third-order valence-corrected chi connectivity index (χ3v) is 5.75. The molecule has 4 unspecified atom stereocenters. The van der Waals surface area contributed by atoms with Gasteiger partial charge in [0.25, 0.3) is 0 Å². The van der Waals surface area contributed by atoms with Gasteiger partial charge in [-0.2, -0.15) is 0 Å². The first-order valence-corrected chi connectivity index (χ1v) is 8.42. The molecule has 0 saturated carbocycles. The molecule has 4 atom stereocenters. The Balaban J connectivity index is 4.36. The van der Waals surface area contributed by atoms with E-state index in [2.05, 4.69) is 46.9 Å². The van der Waals surface area contributed by atoms with E-state index in [9.17, 15) is 4.21 Å². The molecule has 0 spiro atoms. The third kappa shape index (κ3) is 6.56. The zero-order valence-corrected chi connectivity index (χ0v) is 13.3. The van der Waals surface area contributed by atoms with E-state index in [-0.39, 0.29) is 0 Å². The zero-order chi connectivity index (χ0) is 13.4. The average Bonchev–Trinajstić information content (AvgIpc) is 2.31. The van der Waals surface area contributed by atoms with Gasteiger partial charge in [-0.3, -0.25) is 4.21 Å². The summed E-state index contributed by atoms with van der Waals surface area (Å²) in [5.74, 6) is 1.90. The van der Waals surface area contributed by atoms with Crippen LogP contribution in [0.3, 0.4) is 0 Å². The number of nitrogens with one attached hydrogen (secondary N) is 1. The van der Waals surface area contributed by atoms with Crippen LogP contribution in [0.5, 0.6) is 0 Å². The molecule has 0 heterocycles. The van der Waals surface area contributed by atoms with Gasteiger partial charge in [0.1, 0.15) is 0 Å². The zero-order valence-electron chi connectivity index (χ0n) is 12.5. The van der Waals surface area contributed by atoms with Crippen molar-refractivity contribution in [2.45, 2.75) is 65.7 Å². The molecule has 0 radical (unpaired) electrons. The molecular formula is C14H31NOS. The highest BCUT2D eigenvalue weighted by Gasteiger charge is 2.22. The lowest BCUT2D eigenvalue weighted by Gasteiger charge is -2.26. The maximum Gasteiger partial charge on any atom is 0.0394 e. The summed E-state index contributed by atoms with van der Waals surface area (Å²) in [4.78, 5) is 0. The van der Waals surface area contributed by atoms with Crippen molar-refractivity contribution in [3.8, 4) is 0 Å². The second kappa shape index (κ2) is 9.09. The van der Waals surface area contributed by atoms with Gasteiger partial charge < -0.3 is 5.32 Å². The second-order valence-electron chi connectivity index (χ2n) is 5.44. The van der Waals surface area contributed by atoms with Crippen molar-refractivity contribution in [2.75, 3.05) is 12.3 Å². The van der Waals surface area contributed by atoms with Gasteiger partial charge in [-0.05, 0) is 24.8 Å². The molecule has 0 saturated heterocycles. The Kier molecular flexibility index (Phi) is 9.15. The Labute approximate surface area is 110 Å². The number of hydrogen-bond donors (Lipinski definition) is 1. The van der Waals surface area contributed by atoms with Crippen LogP contribution >= 0.6 is 0 Å². The van der Waals surface area contributed by atoms with Crippen LogP contribution in [-0.2, 0) is 10.8 Å². The molecule has 0 aliphatic heterocycles. The summed E-state index contributed by atoms with van der Waals surface area (Å²) in [6, 6.07) is 0.405. The summed E-state index contributed by atoms with van der Waals surface area (Å²) in [5, 5.41) is 3.85. The van der Waals surface area contributed by atoms with Gasteiger partial charge in [0.05, 0.1) is 0 Å². The van der Waals surface area contributed by atoms with Crippen LogP contribution in [0.2, 0.25) is 0 Å². The lowest BCUT2D eigenvalue weighted by molar-refractivity contribution is 0.393. The van der Waals surface area contributed by atoms with Gasteiger partial charge in [-0.15, -0.1) is 0 Å². The monoisotopic (exact) mass is 261 g/mol. The lowest BCUT2D eigenvalue weighted by atomic mass is 10.0. The molecule has 0 aliphatic rings. The van der Waals surface area contributed by atoms with Gasteiger partial charge in [-0.1, -0.05) is 48.0 Å². The maximum absolute atomic E-state index is 12.2. The van der Waals surface area contributed by atoms with E-state index < -0.39 is 10.8 Å². The maximum atomic E-state index is 12.2. The van der Waals surface area contributed by atoms with Crippen molar-refractivity contribution >= 4 is 10.8 Å².